The summed E-state index contributed by atoms with van der Waals surface area (Å²) in [6.07, 6.45) is 3.85. The maximum Gasteiger partial charge on any atom is 0.270 e. The van der Waals surface area contributed by atoms with Crippen LogP contribution in [0.25, 0.3) is 23.1 Å². The number of nitrogens with zero attached hydrogens (tertiary/aromatic N) is 2. The Bertz CT molecular complexity index is 885. The Hall–Kier alpha value is -3.01. The highest BCUT2D eigenvalue weighted by Crippen LogP contribution is 2.16. The lowest BCUT2D eigenvalue weighted by molar-refractivity contribution is -0.646. The molecule has 1 heterocycles. The first-order valence-electron chi connectivity index (χ1n) is 6.95. The van der Waals surface area contributed by atoms with Crippen molar-refractivity contribution in [2.75, 3.05) is 0 Å². The maximum absolute atomic E-state index is 10.8. The van der Waals surface area contributed by atoms with Crippen molar-refractivity contribution in [1.29, 1.82) is 0 Å². The first-order chi connectivity index (χ1) is 10.6. The molecule has 4 nitrogen and oxygen atoms in total. The van der Waals surface area contributed by atoms with Crippen LogP contribution in [0.5, 0.6) is 0 Å². The number of nitro benzene ring substituents is 1. The summed E-state index contributed by atoms with van der Waals surface area (Å²) in [5.74, 6) is 0. The molecule has 1 aromatic heterocycles. The van der Waals surface area contributed by atoms with Crippen molar-refractivity contribution in [1.82, 2.24) is 0 Å². The number of para-hydroxylation sites is 1. The molecule has 0 aliphatic heterocycles. The number of nitro groups is 1. The standard InChI is InChI=1S/C18H15N2O2/c1-19-16(12-10-15-6-2-3-8-18(15)19)11-9-14-5-4-7-17(13-14)20(21)22/h2-13H,1H3/q+1. The summed E-state index contributed by atoms with van der Waals surface area (Å²) in [6.45, 7) is 0. The SMILES string of the molecule is C[n+]1c(C=Cc2cccc([N+](=O)[O-])c2)ccc2ccccc21. The predicted molar refractivity (Wildman–Crippen MR) is 87.1 cm³/mol. The van der Waals surface area contributed by atoms with Crippen molar-refractivity contribution >= 4 is 28.7 Å². The van der Waals surface area contributed by atoms with E-state index in [1.54, 1.807) is 12.1 Å². The summed E-state index contributed by atoms with van der Waals surface area (Å²) in [6, 6.07) is 18.9. The minimum Gasteiger partial charge on any atom is -0.258 e. The molecular weight excluding hydrogens is 276 g/mol. The van der Waals surface area contributed by atoms with Crippen molar-refractivity contribution in [2.45, 2.75) is 0 Å². The zero-order valence-corrected chi connectivity index (χ0v) is 12.1. The van der Waals surface area contributed by atoms with Gasteiger partial charge in [0.2, 0.25) is 11.2 Å². The van der Waals surface area contributed by atoms with Crippen molar-refractivity contribution in [3.8, 4) is 0 Å². The molecule has 0 atom stereocenters. The first kappa shape index (κ1) is 13.9. The lowest BCUT2D eigenvalue weighted by Gasteiger charge is -2.00. The minimum absolute atomic E-state index is 0.102. The summed E-state index contributed by atoms with van der Waals surface area (Å²) in [7, 11) is 2.01. The highest BCUT2D eigenvalue weighted by molar-refractivity contribution is 5.77. The zero-order valence-electron chi connectivity index (χ0n) is 12.1. The minimum atomic E-state index is -0.382. The van der Waals surface area contributed by atoms with Gasteiger partial charge in [0.05, 0.1) is 4.92 Å². The summed E-state index contributed by atoms with van der Waals surface area (Å²) >= 11 is 0. The van der Waals surface area contributed by atoms with Crippen LogP contribution < -0.4 is 4.57 Å². The zero-order chi connectivity index (χ0) is 15.5. The molecule has 108 valence electrons. The van der Waals surface area contributed by atoms with E-state index in [1.165, 1.54) is 11.5 Å². The normalized spacial score (nSPS) is 11.1. The Labute approximate surface area is 128 Å². The van der Waals surface area contributed by atoms with Gasteiger partial charge in [-0.15, -0.1) is 0 Å². The van der Waals surface area contributed by atoms with Crippen LogP contribution in [0.3, 0.4) is 0 Å². The topological polar surface area (TPSA) is 47.0 Å². The number of aryl methyl sites for hydroxylation is 1. The molecule has 0 N–H and O–H groups in total. The van der Waals surface area contributed by atoms with Gasteiger partial charge in [-0.2, -0.15) is 4.57 Å². The number of rotatable bonds is 3. The van der Waals surface area contributed by atoms with E-state index in [2.05, 4.69) is 22.8 Å². The second-order valence-corrected chi connectivity index (χ2v) is 5.06. The molecule has 0 spiro atoms. The average molecular weight is 291 g/mol. The second-order valence-electron chi connectivity index (χ2n) is 5.06. The van der Waals surface area contributed by atoms with Gasteiger partial charge in [-0.05, 0) is 23.8 Å². The third-order valence-electron chi connectivity index (χ3n) is 3.65. The van der Waals surface area contributed by atoms with E-state index in [4.69, 9.17) is 0 Å². The van der Waals surface area contributed by atoms with Crippen LogP contribution >= 0.6 is 0 Å². The molecule has 0 bridgehead atoms. The largest absolute Gasteiger partial charge is 0.270 e. The van der Waals surface area contributed by atoms with E-state index >= 15 is 0 Å². The Balaban J connectivity index is 1.97. The van der Waals surface area contributed by atoms with Crippen molar-refractivity contribution in [2.24, 2.45) is 7.05 Å². The summed E-state index contributed by atoms with van der Waals surface area (Å²) < 4.78 is 2.10. The van der Waals surface area contributed by atoms with Crippen LogP contribution in [0.4, 0.5) is 5.69 Å². The number of hydrogen-bond donors (Lipinski definition) is 0. The van der Waals surface area contributed by atoms with Gasteiger partial charge in [-0.1, -0.05) is 24.3 Å². The fourth-order valence-electron chi connectivity index (χ4n) is 2.45. The molecule has 3 rings (SSSR count). The van der Waals surface area contributed by atoms with Gasteiger partial charge >= 0.3 is 0 Å². The maximum atomic E-state index is 10.8. The lowest BCUT2D eigenvalue weighted by atomic mass is 10.1. The van der Waals surface area contributed by atoms with Crippen LogP contribution in [-0.4, -0.2) is 4.92 Å². The van der Waals surface area contributed by atoms with Gasteiger partial charge in [0.15, 0.2) is 0 Å². The fourth-order valence-corrected chi connectivity index (χ4v) is 2.45. The van der Waals surface area contributed by atoms with Gasteiger partial charge in [-0.25, -0.2) is 0 Å². The van der Waals surface area contributed by atoms with Gasteiger partial charge < -0.3 is 0 Å². The number of non-ortho nitro benzene ring substituents is 1. The second kappa shape index (κ2) is 5.77. The molecule has 0 amide bonds. The molecule has 0 aliphatic rings. The number of aromatic nitrogens is 1. The van der Waals surface area contributed by atoms with E-state index < -0.39 is 0 Å². The third-order valence-corrected chi connectivity index (χ3v) is 3.65. The highest BCUT2D eigenvalue weighted by atomic mass is 16.6. The van der Waals surface area contributed by atoms with Gasteiger partial charge in [0.1, 0.15) is 7.05 Å². The Morgan fingerprint density at radius 3 is 2.64 bits per heavy atom. The molecule has 0 fully saturated rings. The van der Waals surface area contributed by atoms with Gasteiger partial charge in [0.25, 0.3) is 5.69 Å². The van der Waals surface area contributed by atoms with Crippen LogP contribution in [0, 0.1) is 10.1 Å². The smallest absolute Gasteiger partial charge is 0.258 e. The molecule has 0 unspecified atom stereocenters. The summed E-state index contributed by atoms with van der Waals surface area (Å²) in [5, 5.41) is 12.0. The predicted octanol–water partition coefficient (Wildman–Crippen LogP) is 3.74. The quantitative estimate of drug-likeness (QED) is 0.419. The van der Waals surface area contributed by atoms with E-state index in [-0.39, 0.29) is 10.6 Å². The van der Waals surface area contributed by atoms with E-state index in [0.717, 1.165) is 16.8 Å². The van der Waals surface area contributed by atoms with Crippen LogP contribution in [0.15, 0.2) is 60.7 Å². The molecule has 0 aliphatic carbocycles. The van der Waals surface area contributed by atoms with Crippen LogP contribution in [0.2, 0.25) is 0 Å². The van der Waals surface area contributed by atoms with Crippen LogP contribution in [-0.2, 0) is 7.05 Å². The number of pyridine rings is 1. The van der Waals surface area contributed by atoms with Crippen molar-refractivity contribution in [3.63, 3.8) is 0 Å². The van der Waals surface area contributed by atoms with Crippen molar-refractivity contribution in [3.05, 3.63) is 82.0 Å². The molecule has 0 saturated heterocycles. The Kier molecular flexibility index (Phi) is 3.66. The van der Waals surface area contributed by atoms with Gasteiger partial charge in [0, 0.05) is 35.7 Å². The number of hydrogen-bond acceptors (Lipinski definition) is 2. The van der Waals surface area contributed by atoms with Gasteiger partial charge in [-0.3, -0.25) is 10.1 Å². The number of benzene rings is 2. The van der Waals surface area contributed by atoms with Crippen LogP contribution in [0.1, 0.15) is 11.3 Å². The fraction of sp³-hybridized carbons (Fsp3) is 0.0556. The summed E-state index contributed by atoms with van der Waals surface area (Å²) in [4.78, 5) is 10.4. The highest BCUT2D eigenvalue weighted by Gasteiger charge is 2.08. The van der Waals surface area contributed by atoms with E-state index in [9.17, 15) is 10.1 Å². The molecule has 0 saturated carbocycles. The molecule has 3 aromatic rings. The van der Waals surface area contributed by atoms with Crippen molar-refractivity contribution < 1.29 is 9.49 Å². The lowest BCUT2D eigenvalue weighted by Crippen LogP contribution is -2.32. The van der Waals surface area contributed by atoms with E-state index in [1.807, 2.05) is 43.5 Å². The molecule has 2 aromatic carbocycles. The number of fused-ring (bicyclic) bond motifs is 1. The first-order valence-corrected chi connectivity index (χ1v) is 6.95. The molecule has 4 heteroatoms. The molecule has 22 heavy (non-hydrogen) atoms. The van der Waals surface area contributed by atoms with E-state index in [0.29, 0.717) is 0 Å². The Morgan fingerprint density at radius 1 is 1.00 bits per heavy atom. The summed E-state index contributed by atoms with van der Waals surface area (Å²) in [5.41, 5.74) is 3.08. The monoisotopic (exact) mass is 291 g/mol. The molecule has 0 radical (unpaired) electrons. The molecular formula is C18H15N2O2+. The Morgan fingerprint density at radius 2 is 1.82 bits per heavy atom. The third kappa shape index (κ3) is 2.72. The average Bonchev–Trinajstić information content (AvgIpc) is 2.55.